The fourth-order valence-electron chi connectivity index (χ4n) is 1.15. The normalized spacial score (nSPS) is 12.5. The Morgan fingerprint density at radius 2 is 2.06 bits per heavy atom. The predicted octanol–water partition coefficient (Wildman–Crippen LogP) is 2.24. The summed E-state index contributed by atoms with van der Waals surface area (Å²) in [5.74, 6) is -0.586. The Morgan fingerprint density at radius 1 is 1.41 bits per heavy atom. The molecule has 0 saturated carbocycles. The van der Waals surface area contributed by atoms with Crippen molar-refractivity contribution < 1.29 is 13.9 Å². The number of ether oxygens (including phenoxy) is 1. The van der Waals surface area contributed by atoms with Crippen LogP contribution in [0.2, 0.25) is 0 Å². The Kier molecular flexibility index (Phi) is 4.69. The van der Waals surface area contributed by atoms with Crippen molar-refractivity contribution in [2.24, 2.45) is 0 Å². The molecule has 0 fully saturated rings. The first-order valence-electron chi connectivity index (χ1n) is 5.30. The molecule has 0 unspecified atom stereocenters. The molecule has 1 aromatic rings. The van der Waals surface area contributed by atoms with Gasteiger partial charge in [-0.1, -0.05) is 12.1 Å². The zero-order chi connectivity index (χ0) is 12.8. The third kappa shape index (κ3) is 4.26. The monoisotopic (exact) mass is 237 g/mol. The van der Waals surface area contributed by atoms with E-state index in [2.05, 4.69) is 0 Å². The lowest BCUT2D eigenvalue weighted by atomic mass is 10.2. The molecule has 0 saturated heterocycles. The molecule has 0 amide bonds. The van der Waals surface area contributed by atoms with E-state index < -0.39 is 11.9 Å². The highest BCUT2D eigenvalue weighted by Gasteiger charge is 2.13. The van der Waals surface area contributed by atoms with Gasteiger partial charge in [-0.3, -0.25) is 4.79 Å². The molecule has 0 aromatic heterocycles. The van der Waals surface area contributed by atoms with Gasteiger partial charge in [-0.15, -0.1) is 0 Å². The van der Waals surface area contributed by atoms with Crippen molar-refractivity contribution >= 4 is 5.78 Å². The lowest BCUT2D eigenvalue weighted by Crippen LogP contribution is -2.22. The van der Waals surface area contributed by atoms with Crippen LogP contribution in [0.25, 0.3) is 0 Å². The maximum atomic E-state index is 13.3. The number of carbonyl (C=O) groups is 1. The molecule has 1 aromatic carbocycles. The largest absolute Gasteiger partial charge is 0.480 e. The number of ketones is 1. The zero-order valence-corrected chi connectivity index (χ0v) is 10.2. The molecule has 0 aliphatic carbocycles. The minimum absolute atomic E-state index is 0.0894. The van der Waals surface area contributed by atoms with E-state index in [1.807, 2.05) is 14.1 Å². The number of benzene rings is 1. The van der Waals surface area contributed by atoms with Crippen molar-refractivity contribution in [3.05, 3.63) is 42.4 Å². The molecule has 3 nitrogen and oxygen atoms in total. The Balaban J connectivity index is 2.63. The number of carbonyl (C=O) groups excluding carboxylic acids is 1. The average Bonchev–Trinajstić information content (AvgIpc) is 2.28. The first kappa shape index (κ1) is 13.2. The van der Waals surface area contributed by atoms with E-state index in [-0.39, 0.29) is 11.5 Å². The standard InChI is InChI=1S/C13H16FNO2/c1-10(12(16)8-9-15(2)3)17-13-7-5-4-6-11(13)14/h4-10H,1-3H3/b9-8+/t10-/m0/s1. The summed E-state index contributed by atoms with van der Waals surface area (Å²) in [6.07, 6.45) is 2.33. The molecule has 0 aliphatic rings. The van der Waals surface area contributed by atoms with E-state index in [0.29, 0.717) is 0 Å². The summed E-state index contributed by atoms with van der Waals surface area (Å²) in [5, 5.41) is 0. The highest BCUT2D eigenvalue weighted by molar-refractivity contribution is 5.93. The first-order chi connectivity index (χ1) is 8.00. The molecular weight excluding hydrogens is 221 g/mol. The van der Waals surface area contributed by atoms with Crippen LogP contribution in [0.5, 0.6) is 5.75 Å². The van der Waals surface area contributed by atoms with Gasteiger partial charge in [0.1, 0.15) is 0 Å². The topological polar surface area (TPSA) is 29.5 Å². The van der Waals surface area contributed by atoms with Gasteiger partial charge in [-0.05, 0) is 19.1 Å². The Morgan fingerprint density at radius 3 is 2.65 bits per heavy atom. The Hall–Kier alpha value is -1.84. The van der Waals surface area contributed by atoms with Gasteiger partial charge in [0, 0.05) is 26.4 Å². The molecule has 0 bridgehead atoms. The third-order valence-electron chi connectivity index (χ3n) is 2.08. The highest BCUT2D eigenvalue weighted by Crippen LogP contribution is 2.17. The summed E-state index contributed by atoms with van der Waals surface area (Å²) in [7, 11) is 3.62. The summed E-state index contributed by atoms with van der Waals surface area (Å²) < 4.78 is 18.5. The average molecular weight is 237 g/mol. The van der Waals surface area contributed by atoms with Crippen LogP contribution in [-0.4, -0.2) is 30.9 Å². The number of nitrogens with zero attached hydrogens (tertiary/aromatic N) is 1. The van der Waals surface area contributed by atoms with Crippen molar-refractivity contribution in [2.45, 2.75) is 13.0 Å². The van der Waals surface area contributed by atoms with E-state index in [1.165, 1.54) is 18.2 Å². The van der Waals surface area contributed by atoms with Crippen molar-refractivity contribution in [1.82, 2.24) is 4.90 Å². The summed E-state index contributed by atoms with van der Waals surface area (Å²) in [6, 6.07) is 6.02. The van der Waals surface area contributed by atoms with Crippen molar-refractivity contribution in [1.29, 1.82) is 0 Å². The molecule has 0 radical (unpaired) electrons. The molecule has 0 N–H and O–H groups in total. The molecule has 1 rings (SSSR count). The summed E-state index contributed by atoms with van der Waals surface area (Å²) in [4.78, 5) is 13.3. The third-order valence-corrected chi connectivity index (χ3v) is 2.08. The van der Waals surface area contributed by atoms with Crippen LogP contribution < -0.4 is 4.74 Å². The van der Waals surface area contributed by atoms with E-state index in [0.717, 1.165) is 0 Å². The van der Waals surface area contributed by atoms with E-state index >= 15 is 0 Å². The van der Waals surface area contributed by atoms with Crippen molar-refractivity contribution in [3.63, 3.8) is 0 Å². The van der Waals surface area contributed by atoms with E-state index in [9.17, 15) is 9.18 Å². The van der Waals surface area contributed by atoms with E-state index in [1.54, 1.807) is 30.2 Å². The summed E-state index contributed by atoms with van der Waals surface area (Å²) in [6.45, 7) is 1.59. The quantitative estimate of drug-likeness (QED) is 0.735. The maximum absolute atomic E-state index is 13.3. The number of hydrogen-bond acceptors (Lipinski definition) is 3. The summed E-state index contributed by atoms with van der Waals surface area (Å²) in [5.41, 5.74) is 0. The molecule has 17 heavy (non-hydrogen) atoms. The van der Waals surface area contributed by atoms with Crippen LogP contribution >= 0.6 is 0 Å². The Bertz CT molecular complexity index is 416. The van der Waals surface area contributed by atoms with E-state index in [4.69, 9.17) is 4.74 Å². The van der Waals surface area contributed by atoms with Crippen LogP contribution in [-0.2, 0) is 4.79 Å². The second-order valence-corrected chi connectivity index (χ2v) is 3.87. The number of halogens is 1. The van der Waals surface area contributed by atoms with Crippen LogP contribution in [0, 0.1) is 5.82 Å². The second-order valence-electron chi connectivity index (χ2n) is 3.87. The van der Waals surface area contributed by atoms with Gasteiger partial charge in [0.25, 0.3) is 0 Å². The molecular formula is C13H16FNO2. The lowest BCUT2D eigenvalue weighted by molar-refractivity contribution is -0.120. The first-order valence-corrected chi connectivity index (χ1v) is 5.30. The fraction of sp³-hybridized carbons (Fsp3) is 0.308. The van der Waals surface area contributed by atoms with Crippen LogP contribution in [0.3, 0.4) is 0 Å². The summed E-state index contributed by atoms with van der Waals surface area (Å²) >= 11 is 0. The van der Waals surface area contributed by atoms with Crippen LogP contribution in [0.4, 0.5) is 4.39 Å². The molecule has 0 heterocycles. The Labute approximate surface area is 100 Å². The second kappa shape index (κ2) is 6.03. The van der Waals surface area contributed by atoms with Gasteiger partial charge >= 0.3 is 0 Å². The lowest BCUT2D eigenvalue weighted by Gasteiger charge is -2.12. The fourth-order valence-corrected chi connectivity index (χ4v) is 1.15. The molecule has 1 atom stereocenters. The van der Waals surface area contributed by atoms with Gasteiger partial charge in [-0.25, -0.2) is 4.39 Å². The zero-order valence-electron chi connectivity index (χ0n) is 10.2. The van der Waals surface area contributed by atoms with Crippen LogP contribution in [0.15, 0.2) is 36.5 Å². The van der Waals surface area contributed by atoms with Gasteiger partial charge in [-0.2, -0.15) is 0 Å². The molecule has 0 aliphatic heterocycles. The van der Waals surface area contributed by atoms with Crippen LogP contribution in [0.1, 0.15) is 6.92 Å². The van der Waals surface area contributed by atoms with Gasteiger partial charge in [0.15, 0.2) is 23.5 Å². The number of rotatable bonds is 5. The SMILES string of the molecule is C[C@H](Oc1ccccc1F)C(=O)/C=C/N(C)C. The number of hydrogen-bond donors (Lipinski definition) is 0. The molecule has 0 spiro atoms. The smallest absolute Gasteiger partial charge is 0.197 e. The number of para-hydroxylation sites is 1. The van der Waals surface area contributed by atoms with Gasteiger partial charge < -0.3 is 9.64 Å². The molecule has 92 valence electrons. The minimum Gasteiger partial charge on any atom is -0.480 e. The predicted molar refractivity (Wildman–Crippen MR) is 64.3 cm³/mol. The highest BCUT2D eigenvalue weighted by atomic mass is 19.1. The van der Waals surface area contributed by atoms with Crippen molar-refractivity contribution in [3.8, 4) is 5.75 Å². The van der Waals surface area contributed by atoms with Gasteiger partial charge in [0.05, 0.1) is 0 Å². The van der Waals surface area contributed by atoms with Gasteiger partial charge in [0.2, 0.25) is 0 Å². The maximum Gasteiger partial charge on any atom is 0.197 e. The van der Waals surface area contributed by atoms with Crippen molar-refractivity contribution in [2.75, 3.05) is 14.1 Å². The molecule has 4 heteroatoms. The minimum atomic E-state index is -0.705.